The minimum absolute atomic E-state index is 0.811. The van der Waals surface area contributed by atoms with Crippen molar-refractivity contribution in [3.05, 3.63) is 42.0 Å². The normalized spacial score (nSPS) is 19.1. The second-order valence-corrected chi connectivity index (χ2v) is 4.44. The molecule has 0 saturated heterocycles. The quantitative estimate of drug-likeness (QED) is 0.650. The molecule has 0 N–H and O–H groups in total. The zero-order valence-corrected chi connectivity index (χ0v) is 9.58. The Hall–Kier alpha value is -1.04. The van der Waals surface area contributed by atoms with Gasteiger partial charge >= 0.3 is 0 Å². The molecule has 0 aromatic heterocycles. The Balaban J connectivity index is 2.17. The van der Waals surface area contributed by atoms with E-state index in [0.29, 0.717) is 0 Å². The van der Waals surface area contributed by atoms with Crippen molar-refractivity contribution in [1.82, 2.24) is 0 Å². The molecule has 1 aromatic rings. The van der Waals surface area contributed by atoms with Crippen LogP contribution in [0.2, 0.25) is 0 Å². The van der Waals surface area contributed by atoms with Gasteiger partial charge in [0.15, 0.2) is 0 Å². The molecule has 0 heteroatoms. The Morgan fingerprint density at radius 2 is 1.73 bits per heavy atom. The molecule has 0 spiro atoms. The fourth-order valence-corrected chi connectivity index (χ4v) is 2.68. The molecule has 80 valence electrons. The van der Waals surface area contributed by atoms with Gasteiger partial charge in [0.25, 0.3) is 0 Å². The first-order valence-electron chi connectivity index (χ1n) is 6.13. The number of rotatable bonds is 2. The Bertz CT molecular complexity index is 315. The summed E-state index contributed by atoms with van der Waals surface area (Å²) in [7, 11) is 0. The maximum Gasteiger partial charge on any atom is -0.0159 e. The molecule has 1 saturated carbocycles. The van der Waals surface area contributed by atoms with Crippen molar-refractivity contribution >= 4 is 5.57 Å². The van der Waals surface area contributed by atoms with Gasteiger partial charge in [-0.3, -0.25) is 0 Å². The van der Waals surface area contributed by atoms with E-state index in [4.69, 9.17) is 0 Å². The third-order valence-corrected chi connectivity index (χ3v) is 3.46. The van der Waals surface area contributed by atoms with E-state index in [9.17, 15) is 0 Å². The van der Waals surface area contributed by atoms with Gasteiger partial charge in [0, 0.05) is 0 Å². The molecule has 1 aromatic carbocycles. The molecule has 0 amide bonds. The van der Waals surface area contributed by atoms with Crippen molar-refractivity contribution in [2.45, 2.75) is 39.0 Å². The van der Waals surface area contributed by atoms with Crippen LogP contribution in [0.25, 0.3) is 5.57 Å². The summed E-state index contributed by atoms with van der Waals surface area (Å²) < 4.78 is 0. The van der Waals surface area contributed by atoms with Crippen LogP contribution in [0.5, 0.6) is 0 Å². The molecule has 1 aliphatic carbocycles. The zero-order valence-electron chi connectivity index (χ0n) is 9.58. The first-order valence-corrected chi connectivity index (χ1v) is 6.13. The van der Waals surface area contributed by atoms with Crippen molar-refractivity contribution in [3.63, 3.8) is 0 Å². The van der Waals surface area contributed by atoms with Crippen molar-refractivity contribution in [3.8, 4) is 0 Å². The first kappa shape index (κ1) is 10.5. The lowest BCUT2D eigenvalue weighted by Crippen LogP contribution is -2.08. The van der Waals surface area contributed by atoms with Gasteiger partial charge in [0.2, 0.25) is 0 Å². The average molecular weight is 200 g/mol. The molecule has 0 bridgehead atoms. The van der Waals surface area contributed by atoms with Crippen LogP contribution in [-0.4, -0.2) is 0 Å². The van der Waals surface area contributed by atoms with Crippen LogP contribution in [0.1, 0.15) is 44.6 Å². The van der Waals surface area contributed by atoms with Crippen molar-refractivity contribution in [1.29, 1.82) is 0 Å². The summed E-state index contributed by atoms with van der Waals surface area (Å²) in [6, 6.07) is 10.9. The van der Waals surface area contributed by atoms with Gasteiger partial charge < -0.3 is 0 Å². The SMILES string of the molecule is C/C=C(\c1ccccc1)C1CCCCC1. The largest absolute Gasteiger partial charge is 0.0836 e. The summed E-state index contributed by atoms with van der Waals surface area (Å²) in [5.74, 6) is 0.811. The highest BCUT2D eigenvalue weighted by molar-refractivity contribution is 5.67. The van der Waals surface area contributed by atoms with Gasteiger partial charge in [0.05, 0.1) is 0 Å². The number of allylic oxidation sites excluding steroid dienone is 2. The first-order chi connectivity index (χ1) is 7.42. The predicted molar refractivity (Wildman–Crippen MR) is 66.7 cm³/mol. The maximum absolute atomic E-state index is 2.31. The lowest BCUT2D eigenvalue weighted by Gasteiger charge is -2.24. The minimum atomic E-state index is 0.811. The Kier molecular flexibility index (Phi) is 3.60. The van der Waals surface area contributed by atoms with Gasteiger partial charge in [-0.2, -0.15) is 0 Å². The van der Waals surface area contributed by atoms with E-state index in [1.807, 2.05) is 0 Å². The molecule has 0 radical (unpaired) electrons. The molecule has 1 fully saturated rings. The highest BCUT2D eigenvalue weighted by Crippen LogP contribution is 2.34. The van der Waals surface area contributed by atoms with Gasteiger partial charge in [-0.15, -0.1) is 0 Å². The van der Waals surface area contributed by atoms with E-state index in [2.05, 4.69) is 43.3 Å². The summed E-state index contributed by atoms with van der Waals surface area (Å²) in [5, 5.41) is 0. The monoisotopic (exact) mass is 200 g/mol. The van der Waals surface area contributed by atoms with E-state index < -0.39 is 0 Å². The number of hydrogen-bond donors (Lipinski definition) is 0. The average Bonchev–Trinajstić information content (AvgIpc) is 2.33. The lowest BCUT2D eigenvalue weighted by atomic mass is 9.81. The van der Waals surface area contributed by atoms with Crippen LogP contribution in [-0.2, 0) is 0 Å². The molecule has 0 atom stereocenters. The maximum atomic E-state index is 2.31. The fourth-order valence-electron chi connectivity index (χ4n) is 2.68. The molecule has 2 rings (SSSR count). The van der Waals surface area contributed by atoms with Gasteiger partial charge in [-0.1, -0.05) is 55.7 Å². The van der Waals surface area contributed by atoms with Gasteiger partial charge in [-0.25, -0.2) is 0 Å². The molecular formula is C15H20. The van der Waals surface area contributed by atoms with Gasteiger partial charge in [-0.05, 0) is 36.8 Å². The van der Waals surface area contributed by atoms with Crippen LogP contribution >= 0.6 is 0 Å². The van der Waals surface area contributed by atoms with Crippen molar-refractivity contribution in [2.24, 2.45) is 5.92 Å². The van der Waals surface area contributed by atoms with E-state index in [1.54, 1.807) is 5.57 Å². The molecule has 0 nitrogen and oxygen atoms in total. The van der Waals surface area contributed by atoms with E-state index in [0.717, 1.165) is 5.92 Å². The second-order valence-electron chi connectivity index (χ2n) is 4.44. The Labute approximate surface area is 93.0 Å². The molecule has 1 aliphatic rings. The zero-order chi connectivity index (χ0) is 10.5. The number of benzene rings is 1. The topological polar surface area (TPSA) is 0 Å². The smallest absolute Gasteiger partial charge is 0.0159 e. The van der Waals surface area contributed by atoms with Crippen LogP contribution < -0.4 is 0 Å². The van der Waals surface area contributed by atoms with Crippen molar-refractivity contribution < 1.29 is 0 Å². The fraction of sp³-hybridized carbons (Fsp3) is 0.467. The highest BCUT2D eigenvalue weighted by atomic mass is 14.2. The van der Waals surface area contributed by atoms with Crippen LogP contribution in [0.4, 0.5) is 0 Å². The summed E-state index contributed by atoms with van der Waals surface area (Å²) >= 11 is 0. The van der Waals surface area contributed by atoms with Crippen LogP contribution in [0.3, 0.4) is 0 Å². The molecule has 0 unspecified atom stereocenters. The molecular weight excluding hydrogens is 180 g/mol. The summed E-state index contributed by atoms with van der Waals surface area (Å²) in [5.41, 5.74) is 2.99. The standard InChI is InChI=1S/C15H20/c1-2-15(13-9-5-3-6-10-13)14-11-7-4-8-12-14/h2-3,5-6,9-10,14H,4,7-8,11-12H2,1H3/b15-2+. The summed E-state index contributed by atoms with van der Waals surface area (Å²) in [6.07, 6.45) is 9.33. The van der Waals surface area contributed by atoms with E-state index >= 15 is 0 Å². The summed E-state index contributed by atoms with van der Waals surface area (Å²) in [4.78, 5) is 0. The van der Waals surface area contributed by atoms with Crippen LogP contribution in [0, 0.1) is 5.92 Å². The van der Waals surface area contributed by atoms with Crippen LogP contribution in [0.15, 0.2) is 36.4 Å². The molecule has 15 heavy (non-hydrogen) atoms. The molecule has 0 heterocycles. The Morgan fingerprint density at radius 3 is 2.33 bits per heavy atom. The third-order valence-electron chi connectivity index (χ3n) is 3.46. The van der Waals surface area contributed by atoms with E-state index in [1.165, 1.54) is 37.7 Å². The van der Waals surface area contributed by atoms with Gasteiger partial charge in [0.1, 0.15) is 0 Å². The number of hydrogen-bond acceptors (Lipinski definition) is 0. The highest BCUT2D eigenvalue weighted by Gasteiger charge is 2.17. The Morgan fingerprint density at radius 1 is 1.07 bits per heavy atom. The van der Waals surface area contributed by atoms with Crippen molar-refractivity contribution in [2.75, 3.05) is 0 Å². The summed E-state index contributed by atoms with van der Waals surface area (Å²) in [6.45, 7) is 2.18. The minimum Gasteiger partial charge on any atom is -0.0836 e. The predicted octanol–water partition coefficient (Wildman–Crippen LogP) is 4.67. The molecule has 0 aliphatic heterocycles. The third kappa shape index (κ3) is 2.50. The second kappa shape index (κ2) is 5.16. The lowest BCUT2D eigenvalue weighted by molar-refractivity contribution is 0.429. The van der Waals surface area contributed by atoms with E-state index in [-0.39, 0.29) is 0 Å².